The largest absolute Gasteiger partial charge is 0.370 e. The zero-order valence-electron chi connectivity index (χ0n) is 15.4. The van der Waals surface area contributed by atoms with Gasteiger partial charge in [0.15, 0.2) is 0 Å². The smallest absolute Gasteiger partial charge is 0.257 e. The first-order valence-corrected chi connectivity index (χ1v) is 9.43. The molecule has 0 unspecified atom stereocenters. The predicted molar refractivity (Wildman–Crippen MR) is 115 cm³/mol. The second-order valence-corrected chi connectivity index (χ2v) is 6.87. The molecule has 8 heteroatoms. The molecule has 0 radical (unpaired) electrons. The van der Waals surface area contributed by atoms with Crippen molar-refractivity contribution in [3.63, 3.8) is 0 Å². The van der Waals surface area contributed by atoms with E-state index in [1.165, 1.54) is 6.07 Å². The van der Waals surface area contributed by atoms with Gasteiger partial charge < -0.3 is 16.0 Å². The van der Waals surface area contributed by atoms with E-state index in [0.717, 1.165) is 23.7 Å². The van der Waals surface area contributed by atoms with Crippen LogP contribution in [0.25, 0.3) is 0 Å². The van der Waals surface area contributed by atoms with Gasteiger partial charge >= 0.3 is 0 Å². The van der Waals surface area contributed by atoms with Crippen LogP contribution in [0, 0.1) is 6.92 Å². The number of hydrogen-bond donors (Lipinski definition) is 3. The van der Waals surface area contributed by atoms with Crippen molar-refractivity contribution in [3.8, 4) is 0 Å². The fourth-order valence-corrected chi connectivity index (χ4v) is 3.03. The second kappa shape index (κ2) is 8.91. The average molecular weight is 416 g/mol. The molecule has 1 amide bonds. The number of benzene rings is 2. The molecule has 1 heterocycles. The maximum atomic E-state index is 12.4. The third-order valence-corrected chi connectivity index (χ3v) is 4.33. The van der Waals surface area contributed by atoms with Gasteiger partial charge in [-0.05, 0) is 56.3 Å². The van der Waals surface area contributed by atoms with Gasteiger partial charge in [0.2, 0.25) is 5.95 Å². The molecule has 0 saturated carbocycles. The Bertz CT molecular complexity index is 992. The number of hydrogen-bond acceptors (Lipinski definition) is 5. The molecule has 0 aliphatic carbocycles. The van der Waals surface area contributed by atoms with Crippen LogP contribution in [0.15, 0.2) is 48.5 Å². The number of rotatable bonds is 6. The molecule has 1 aromatic heterocycles. The van der Waals surface area contributed by atoms with Crippen molar-refractivity contribution in [2.45, 2.75) is 13.8 Å². The van der Waals surface area contributed by atoms with Gasteiger partial charge in [0.25, 0.3) is 5.91 Å². The van der Waals surface area contributed by atoms with E-state index in [1.807, 2.05) is 32.0 Å². The summed E-state index contributed by atoms with van der Waals surface area (Å²) in [6, 6.07) is 13.9. The minimum Gasteiger partial charge on any atom is -0.370 e. The molecular weight excluding hydrogens is 397 g/mol. The fraction of sp³-hybridized carbons (Fsp3) is 0.150. The Morgan fingerprint density at radius 2 is 1.71 bits per heavy atom. The maximum Gasteiger partial charge on any atom is 0.257 e. The lowest BCUT2D eigenvalue weighted by Crippen LogP contribution is -2.12. The van der Waals surface area contributed by atoms with Crippen molar-refractivity contribution in [2.75, 3.05) is 22.5 Å². The number of amides is 1. The van der Waals surface area contributed by atoms with Gasteiger partial charge in [0.05, 0.1) is 10.6 Å². The van der Waals surface area contributed by atoms with E-state index in [1.54, 1.807) is 24.3 Å². The van der Waals surface area contributed by atoms with Crippen LogP contribution in [-0.4, -0.2) is 22.4 Å². The predicted octanol–water partition coefficient (Wildman–Crippen LogP) is 5.52. The van der Waals surface area contributed by atoms with E-state index in [2.05, 4.69) is 25.9 Å². The zero-order chi connectivity index (χ0) is 20.1. The molecule has 0 aliphatic rings. The Hall–Kier alpha value is -2.83. The summed E-state index contributed by atoms with van der Waals surface area (Å²) in [6.45, 7) is 4.70. The highest BCUT2D eigenvalue weighted by Gasteiger charge is 2.11. The minimum absolute atomic E-state index is 0.302. The number of nitrogens with one attached hydrogen (secondary N) is 3. The van der Waals surface area contributed by atoms with E-state index in [-0.39, 0.29) is 5.91 Å². The average Bonchev–Trinajstić information content (AvgIpc) is 2.63. The lowest BCUT2D eigenvalue weighted by molar-refractivity contribution is 0.102. The van der Waals surface area contributed by atoms with E-state index < -0.39 is 0 Å². The number of aryl methyl sites for hydroxylation is 1. The van der Waals surface area contributed by atoms with Crippen LogP contribution in [0.3, 0.4) is 0 Å². The van der Waals surface area contributed by atoms with Crippen molar-refractivity contribution in [1.82, 2.24) is 9.97 Å². The van der Waals surface area contributed by atoms with Gasteiger partial charge in [-0.2, -0.15) is 4.98 Å². The summed E-state index contributed by atoms with van der Waals surface area (Å²) >= 11 is 11.9. The van der Waals surface area contributed by atoms with Crippen molar-refractivity contribution < 1.29 is 4.79 Å². The normalized spacial score (nSPS) is 10.4. The summed E-state index contributed by atoms with van der Waals surface area (Å²) in [7, 11) is 0. The van der Waals surface area contributed by atoms with E-state index in [9.17, 15) is 4.79 Å². The second-order valence-electron chi connectivity index (χ2n) is 6.03. The number of nitrogens with zero attached hydrogens (tertiary/aromatic N) is 2. The number of anilines is 4. The van der Waals surface area contributed by atoms with Crippen LogP contribution >= 0.6 is 23.2 Å². The molecule has 0 atom stereocenters. The van der Waals surface area contributed by atoms with E-state index >= 15 is 0 Å². The summed E-state index contributed by atoms with van der Waals surface area (Å²) in [5.41, 5.74) is 2.66. The Kier molecular flexibility index (Phi) is 6.34. The molecule has 2 aromatic carbocycles. The molecule has 28 heavy (non-hydrogen) atoms. The molecule has 0 fully saturated rings. The summed E-state index contributed by atoms with van der Waals surface area (Å²) < 4.78 is 0. The Labute approximate surface area is 173 Å². The SMILES string of the molecule is CCNc1cc(C)nc(Nc2ccc(NC(=O)c3ccc(Cl)cc3Cl)cc2)n1. The van der Waals surface area contributed by atoms with Crippen LogP contribution in [0.5, 0.6) is 0 Å². The Morgan fingerprint density at radius 1 is 1.00 bits per heavy atom. The highest BCUT2D eigenvalue weighted by atomic mass is 35.5. The first-order valence-electron chi connectivity index (χ1n) is 8.67. The third kappa shape index (κ3) is 5.12. The standard InChI is InChI=1S/C20H19Cl2N5O/c1-3-23-18-10-12(2)24-20(27-18)26-15-7-5-14(6-8-15)25-19(28)16-9-4-13(21)11-17(16)22/h4-11H,3H2,1-2H3,(H,25,28)(H2,23,24,26,27). The molecule has 144 valence electrons. The van der Waals surface area contributed by atoms with Crippen LogP contribution < -0.4 is 16.0 Å². The quantitative estimate of drug-likeness (QED) is 0.493. The van der Waals surface area contributed by atoms with Crippen LogP contribution in [0.1, 0.15) is 23.0 Å². The molecule has 0 aliphatic heterocycles. The lowest BCUT2D eigenvalue weighted by Gasteiger charge is -2.10. The summed E-state index contributed by atoms with van der Waals surface area (Å²) in [4.78, 5) is 21.2. The van der Waals surface area contributed by atoms with Gasteiger partial charge in [-0.3, -0.25) is 4.79 Å². The van der Waals surface area contributed by atoms with Crippen LogP contribution in [-0.2, 0) is 0 Å². The van der Waals surface area contributed by atoms with Gasteiger partial charge in [0, 0.05) is 34.7 Å². The van der Waals surface area contributed by atoms with Gasteiger partial charge in [-0.1, -0.05) is 23.2 Å². The highest BCUT2D eigenvalue weighted by Crippen LogP contribution is 2.23. The number of carbonyl (C=O) groups excluding carboxylic acids is 1. The fourth-order valence-electron chi connectivity index (χ4n) is 2.53. The molecule has 6 nitrogen and oxygen atoms in total. The monoisotopic (exact) mass is 415 g/mol. The van der Waals surface area contributed by atoms with Crippen LogP contribution in [0.2, 0.25) is 10.0 Å². The summed E-state index contributed by atoms with van der Waals surface area (Å²) in [5, 5.41) is 9.92. The van der Waals surface area contributed by atoms with Gasteiger partial charge in [-0.25, -0.2) is 4.98 Å². The van der Waals surface area contributed by atoms with Gasteiger partial charge in [0.1, 0.15) is 5.82 Å². The third-order valence-electron chi connectivity index (χ3n) is 3.79. The van der Waals surface area contributed by atoms with Crippen molar-refractivity contribution >= 4 is 52.3 Å². The van der Waals surface area contributed by atoms with Crippen molar-refractivity contribution in [2.24, 2.45) is 0 Å². The summed E-state index contributed by atoms with van der Waals surface area (Å²) in [6.07, 6.45) is 0. The Morgan fingerprint density at radius 3 is 2.39 bits per heavy atom. The lowest BCUT2D eigenvalue weighted by atomic mass is 10.2. The van der Waals surface area contributed by atoms with Crippen molar-refractivity contribution in [1.29, 1.82) is 0 Å². The number of halogens is 2. The van der Waals surface area contributed by atoms with Crippen LogP contribution in [0.4, 0.5) is 23.1 Å². The first kappa shape index (κ1) is 19.9. The van der Waals surface area contributed by atoms with E-state index in [4.69, 9.17) is 23.2 Å². The molecule has 0 saturated heterocycles. The van der Waals surface area contributed by atoms with Gasteiger partial charge in [-0.15, -0.1) is 0 Å². The zero-order valence-corrected chi connectivity index (χ0v) is 16.9. The van der Waals surface area contributed by atoms with Crippen molar-refractivity contribution in [3.05, 3.63) is 69.8 Å². The maximum absolute atomic E-state index is 12.4. The number of aromatic nitrogens is 2. The molecule has 3 aromatic rings. The number of carbonyl (C=O) groups is 1. The molecule has 0 spiro atoms. The first-order chi connectivity index (χ1) is 13.4. The minimum atomic E-state index is -0.306. The molecule has 3 N–H and O–H groups in total. The molecule has 0 bridgehead atoms. The Balaban J connectivity index is 1.69. The summed E-state index contributed by atoms with van der Waals surface area (Å²) in [5.74, 6) is 0.960. The molecule has 3 rings (SSSR count). The topological polar surface area (TPSA) is 78.9 Å². The highest BCUT2D eigenvalue weighted by molar-refractivity contribution is 6.37. The van der Waals surface area contributed by atoms with E-state index in [0.29, 0.717) is 27.2 Å². The molecular formula is C20H19Cl2N5O.